The predicted octanol–water partition coefficient (Wildman–Crippen LogP) is 2.56. The highest BCUT2D eigenvalue weighted by atomic mass is 16.5. The fraction of sp³-hybridized carbons (Fsp3) is 0.250. The summed E-state index contributed by atoms with van der Waals surface area (Å²) in [7, 11) is 3.32. The van der Waals surface area contributed by atoms with Gasteiger partial charge in [0.25, 0.3) is 0 Å². The van der Waals surface area contributed by atoms with E-state index < -0.39 is 0 Å². The molecule has 0 aliphatic carbocycles. The van der Waals surface area contributed by atoms with Crippen molar-refractivity contribution in [2.45, 2.75) is 13.0 Å². The molecule has 0 radical (unpaired) electrons. The topological polar surface area (TPSA) is 56.5 Å². The summed E-state index contributed by atoms with van der Waals surface area (Å²) in [5.41, 5.74) is 6.16. The van der Waals surface area contributed by atoms with E-state index in [-0.39, 0.29) is 6.04 Å². The van der Waals surface area contributed by atoms with Gasteiger partial charge in [0.2, 0.25) is 0 Å². The van der Waals surface area contributed by atoms with Gasteiger partial charge in [-0.15, -0.1) is 0 Å². The Morgan fingerprint density at radius 3 is 2.30 bits per heavy atom. The zero-order chi connectivity index (χ0) is 14.5. The molecule has 0 saturated heterocycles. The van der Waals surface area contributed by atoms with Gasteiger partial charge in [-0.3, -0.25) is 5.84 Å². The largest absolute Gasteiger partial charge is 0.497 e. The molecule has 0 aliphatic heterocycles. The Hall–Kier alpha value is -2.04. The van der Waals surface area contributed by atoms with E-state index in [1.165, 1.54) is 0 Å². The second-order valence-electron chi connectivity index (χ2n) is 4.60. The molecule has 0 heterocycles. The monoisotopic (exact) mass is 272 g/mol. The standard InChI is InChI=1S/C16H20N2O2/c1-11-9-14(20-3)7-8-15(11)16(18-17)12-5-4-6-13(10-12)19-2/h4-10,16,18H,17H2,1-3H3. The Kier molecular flexibility index (Phi) is 4.61. The maximum Gasteiger partial charge on any atom is 0.119 e. The second-order valence-corrected chi connectivity index (χ2v) is 4.60. The van der Waals surface area contributed by atoms with Gasteiger partial charge in [-0.25, -0.2) is 5.43 Å². The molecule has 4 heteroatoms. The van der Waals surface area contributed by atoms with Crippen molar-refractivity contribution in [2.24, 2.45) is 5.84 Å². The van der Waals surface area contributed by atoms with Gasteiger partial charge in [-0.05, 0) is 47.9 Å². The first-order valence-corrected chi connectivity index (χ1v) is 6.44. The summed E-state index contributed by atoms with van der Waals surface area (Å²) in [5, 5.41) is 0. The van der Waals surface area contributed by atoms with Crippen LogP contribution in [0.15, 0.2) is 42.5 Å². The molecule has 2 rings (SSSR count). The molecule has 0 saturated carbocycles. The van der Waals surface area contributed by atoms with Crippen LogP contribution in [-0.2, 0) is 0 Å². The van der Waals surface area contributed by atoms with Crippen molar-refractivity contribution in [2.75, 3.05) is 14.2 Å². The van der Waals surface area contributed by atoms with Crippen LogP contribution in [0.2, 0.25) is 0 Å². The number of aryl methyl sites for hydroxylation is 1. The summed E-state index contributed by atoms with van der Waals surface area (Å²) in [6.45, 7) is 2.04. The molecule has 2 aromatic rings. The number of ether oxygens (including phenoxy) is 2. The van der Waals surface area contributed by atoms with Gasteiger partial charge in [0.15, 0.2) is 0 Å². The number of hydrazine groups is 1. The van der Waals surface area contributed by atoms with E-state index in [0.29, 0.717) is 0 Å². The lowest BCUT2D eigenvalue weighted by Gasteiger charge is -2.20. The van der Waals surface area contributed by atoms with Crippen LogP contribution in [-0.4, -0.2) is 14.2 Å². The van der Waals surface area contributed by atoms with E-state index in [9.17, 15) is 0 Å². The van der Waals surface area contributed by atoms with Gasteiger partial charge >= 0.3 is 0 Å². The van der Waals surface area contributed by atoms with Crippen molar-refractivity contribution >= 4 is 0 Å². The quantitative estimate of drug-likeness (QED) is 0.649. The molecule has 3 N–H and O–H groups in total. The number of rotatable bonds is 5. The Labute approximate surface area is 119 Å². The molecule has 1 atom stereocenters. The minimum Gasteiger partial charge on any atom is -0.497 e. The third-order valence-electron chi connectivity index (χ3n) is 3.38. The Morgan fingerprint density at radius 1 is 1.00 bits per heavy atom. The molecule has 0 amide bonds. The first kappa shape index (κ1) is 14.4. The molecule has 1 unspecified atom stereocenters. The summed E-state index contributed by atoms with van der Waals surface area (Å²) in [6.07, 6.45) is 0. The lowest BCUT2D eigenvalue weighted by Crippen LogP contribution is -2.29. The molecular weight excluding hydrogens is 252 g/mol. The molecule has 0 aromatic heterocycles. The third-order valence-corrected chi connectivity index (χ3v) is 3.38. The summed E-state index contributed by atoms with van der Waals surface area (Å²) >= 11 is 0. The number of nitrogens with one attached hydrogen (secondary N) is 1. The first-order valence-electron chi connectivity index (χ1n) is 6.44. The van der Waals surface area contributed by atoms with Crippen LogP contribution in [0.25, 0.3) is 0 Å². The van der Waals surface area contributed by atoms with Gasteiger partial charge in [-0.2, -0.15) is 0 Å². The number of hydrogen-bond acceptors (Lipinski definition) is 4. The number of nitrogens with two attached hydrogens (primary N) is 1. The molecule has 20 heavy (non-hydrogen) atoms. The summed E-state index contributed by atoms with van der Waals surface area (Å²) < 4.78 is 10.5. The highest BCUT2D eigenvalue weighted by molar-refractivity contribution is 5.42. The number of hydrogen-bond donors (Lipinski definition) is 2. The van der Waals surface area contributed by atoms with E-state index in [2.05, 4.69) is 5.43 Å². The van der Waals surface area contributed by atoms with E-state index in [4.69, 9.17) is 15.3 Å². The molecule has 0 spiro atoms. The summed E-state index contributed by atoms with van der Waals surface area (Å²) in [5.74, 6) is 7.40. The molecule has 0 fully saturated rings. The van der Waals surface area contributed by atoms with E-state index in [1.807, 2.05) is 49.4 Å². The van der Waals surface area contributed by atoms with Crippen molar-refractivity contribution in [3.63, 3.8) is 0 Å². The van der Waals surface area contributed by atoms with Crippen LogP contribution in [0.5, 0.6) is 11.5 Å². The molecule has 106 valence electrons. The molecule has 2 aromatic carbocycles. The average molecular weight is 272 g/mol. The van der Waals surface area contributed by atoms with Crippen LogP contribution >= 0.6 is 0 Å². The normalized spacial score (nSPS) is 12.0. The van der Waals surface area contributed by atoms with E-state index >= 15 is 0 Å². The van der Waals surface area contributed by atoms with Crippen LogP contribution in [0.4, 0.5) is 0 Å². The lowest BCUT2D eigenvalue weighted by atomic mass is 9.95. The maximum atomic E-state index is 5.75. The van der Waals surface area contributed by atoms with Crippen molar-refractivity contribution < 1.29 is 9.47 Å². The van der Waals surface area contributed by atoms with Crippen molar-refractivity contribution in [3.8, 4) is 11.5 Å². The lowest BCUT2D eigenvalue weighted by molar-refractivity contribution is 0.413. The summed E-state index contributed by atoms with van der Waals surface area (Å²) in [4.78, 5) is 0. The van der Waals surface area contributed by atoms with Gasteiger partial charge in [0, 0.05) is 0 Å². The van der Waals surface area contributed by atoms with Gasteiger partial charge < -0.3 is 9.47 Å². The summed E-state index contributed by atoms with van der Waals surface area (Å²) in [6, 6.07) is 13.8. The zero-order valence-corrected chi connectivity index (χ0v) is 12.0. The minimum atomic E-state index is -0.0870. The molecule has 0 bridgehead atoms. The Bertz CT molecular complexity index is 584. The van der Waals surface area contributed by atoms with Crippen molar-refractivity contribution in [1.82, 2.24) is 5.43 Å². The second kappa shape index (κ2) is 6.41. The smallest absolute Gasteiger partial charge is 0.119 e. The van der Waals surface area contributed by atoms with Crippen molar-refractivity contribution in [1.29, 1.82) is 0 Å². The zero-order valence-electron chi connectivity index (χ0n) is 12.0. The van der Waals surface area contributed by atoms with Gasteiger partial charge in [0.1, 0.15) is 11.5 Å². The molecule has 4 nitrogen and oxygen atoms in total. The van der Waals surface area contributed by atoms with Gasteiger partial charge in [0.05, 0.1) is 20.3 Å². The minimum absolute atomic E-state index is 0.0870. The van der Waals surface area contributed by atoms with E-state index in [1.54, 1.807) is 14.2 Å². The SMILES string of the molecule is COc1cccc(C(NN)c2ccc(OC)cc2C)c1. The van der Waals surface area contributed by atoms with E-state index in [0.717, 1.165) is 28.2 Å². The van der Waals surface area contributed by atoms with Crippen molar-refractivity contribution in [3.05, 3.63) is 59.2 Å². The van der Waals surface area contributed by atoms with Crippen LogP contribution in [0.3, 0.4) is 0 Å². The first-order chi connectivity index (χ1) is 9.69. The molecule has 0 aliphatic rings. The highest BCUT2D eigenvalue weighted by Gasteiger charge is 2.15. The van der Waals surface area contributed by atoms with Crippen LogP contribution in [0.1, 0.15) is 22.7 Å². The predicted molar refractivity (Wildman–Crippen MR) is 79.9 cm³/mol. The fourth-order valence-electron chi connectivity index (χ4n) is 2.29. The maximum absolute atomic E-state index is 5.75. The van der Waals surface area contributed by atoms with Crippen LogP contribution < -0.4 is 20.7 Å². The average Bonchev–Trinajstić information content (AvgIpc) is 2.49. The fourth-order valence-corrected chi connectivity index (χ4v) is 2.29. The third kappa shape index (κ3) is 2.92. The molecular formula is C16H20N2O2. The highest BCUT2D eigenvalue weighted by Crippen LogP contribution is 2.28. The van der Waals surface area contributed by atoms with Crippen LogP contribution in [0, 0.1) is 6.92 Å². The Morgan fingerprint density at radius 2 is 1.70 bits per heavy atom. The van der Waals surface area contributed by atoms with Gasteiger partial charge in [-0.1, -0.05) is 18.2 Å². The number of benzene rings is 2. The Balaban J connectivity index is 2.41. The number of methoxy groups -OCH3 is 2.